The summed E-state index contributed by atoms with van der Waals surface area (Å²) in [5.74, 6) is 0.923. The van der Waals surface area contributed by atoms with E-state index in [4.69, 9.17) is 4.74 Å². The van der Waals surface area contributed by atoms with Crippen LogP contribution >= 0.6 is 0 Å². The van der Waals surface area contributed by atoms with Crippen LogP contribution in [0, 0.1) is 0 Å². The molecule has 1 fully saturated rings. The van der Waals surface area contributed by atoms with Gasteiger partial charge in [-0.15, -0.1) is 0 Å². The molecule has 1 N–H and O–H groups in total. The lowest BCUT2D eigenvalue weighted by molar-refractivity contribution is 0.232. The van der Waals surface area contributed by atoms with Gasteiger partial charge in [-0.2, -0.15) is 0 Å². The van der Waals surface area contributed by atoms with Gasteiger partial charge in [-0.1, -0.05) is 63.2 Å². The van der Waals surface area contributed by atoms with Crippen molar-refractivity contribution in [1.29, 1.82) is 0 Å². The van der Waals surface area contributed by atoms with Gasteiger partial charge in [-0.05, 0) is 72.8 Å². The number of pyridine rings is 1. The number of aromatic nitrogens is 1. The Morgan fingerprint density at radius 1 is 0.879 bits per heavy atom. The highest BCUT2D eigenvalue weighted by Gasteiger charge is 2.14. The molecule has 0 saturated carbocycles. The number of phenolic OH excluding ortho intramolecular Hbond substituents is 1. The molecule has 0 bridgehead atoms. The average molecular weight is 445 g/mol. The molecule has 0 amide bonds. The fourth-order valence-corrected chi connectivity index (χ4v) is 4.21. The number of nitrogens with zero attached hydrogens (tertiary/aromatic N) is 2. The molecule has 0 aliphatic carbocycles. The molecule has 1 aromatic heterocycles. The third-order valence-electron chi connectivity index (χ3n) is 5.81. The minimum atomic E-state index is 0.265. The first-order valence-electron chi connectivity index (χ1n) is 12.1. The Kier molecular flexibility index (Phi) is 9.52. The molecule has 2 heterocycles. The summed E-state index contributed by atoms with van der Waals surface area (Å²) < 4.78 is 5.89. The first-order chi connectivity index (χ1) is 16.2. The quantitative estimate of drug-likeness (QED) is 0.395. The van der Waals surface area contributed by atoms with Crippen molar-refractivity contribution in [2.75, 3.05) is 26.2 Å². The molecule has 1 aliphatic heterocycles. The second-order valence-corrected chi connectivity index (χ2v) is 7.90. The van der Waals surface area contributed by atoms with Gasteiger partial charge in [0, 0.05) is 24.4 Å². The molecule has 1 saturated heterocycles. The molecule has 33 heavy (non-hydrogen) atoms. The van der Waals surface area contributed by atoms with E-state index in [9.17, 15) is 5.11 Å². The van der Waals surface area contributed by atoms with Gasteiger partial charge in [0.1, 0.15) is 12.4 Å². The zero-order valence-corrected chi connectivity index (χ0v) is 20.1. The second-order valence-electron chi connectivity index (χ2n) is 7.90. The standard InChI is InChI=1S/C27H30N2O2.C2H6/c1-2-25(21-8-4-3-5-9-21)27(22-10-13-24(30)14-11-22)23-12-15-26(28-20-23)31-19-18-29-16-6-7-17-29;1-2/h3-5,8-15,20,30H,2,6-7,16-19H2,1H3;1-2H3/b27-25-;. The molecule has 0 atom stereocenters. The topological polar surface area (TPSA) is 45.6 Å². The molecule has 0 spiro atoms. The van der Waals surface area contributed by atoms with E-state index in [2.05, 4.69) is 47.1 Å². The zero-order valence-electron chi connectivity index (χ0n) is 20.1. The van der Waals surface area contributed by atoms with Gasteiger partial charge < -0.3 is 9.84 Å². The molecule has 3 aromatic rings. The van der Waals surface area contributed by atoms with E-state index in [1.807, 2.05) is 44.3 Å². The van der Waals surface area contributed by atoms with Crippen LogP contribution in [0.5, 0.6) is 11.6 Å². The van der Waals surface area contributed by atoms with E-state index in [0.29, 0.717) is 12.5 Å². The first kappa shape index (κ1) is 24.5. The smallest absolute Gasteiger partial charge is 0.213 e. The molecule has 174 valence electrons. The van der Waals surface area contributed by atoms with E-state index >= 15 is 0 Å². The molecule has 0 unspecified atom stereocenters. The molecule has 2 aromatic carbocycles. The van der Waals surface area contributed by atoms with Crippen molar-refractivity contribution in [2.24, 2.45) is 0 Å². The Morgan fingerprint density at radius 2 is 1.55 bits per heavy atom. The highest BCUT2D eigenvalue weighted by atomic mass is 16.5. The van der Waals surface area contributed by atoms with Gasteiger partial charge in [0.25, 0.3) is 0 Å². The van der Waals surface area contributed by atoms with Crippen molar-refractivity contribution >= 4 is 11.1 Å². The van der Waals surface area contributed by atoms with Crippen LogP contribution in [-0.2, 0) is 0 Å². The number of hydrogen-bond acceptors (Lipinski definition) is 4. The second kappa shape index (κ2) is 12.8. The van der Waals surface area contributed by atoms with E-state index < -0.39 is 0 Å². The molecule has 4 heteroatoms. The Bertz CT molecular complexity index is 990. The van der Waals surface area contributed by atoms with Crippen LogP contribution in [0.1, 0.15) is 56.7 Å². The van der Waals surface area contributed by atoms with E-state index in [0.717, 1.165) is 29.7 Å². The summed E-state index contributed by atoms with van der Waals surface area (Å²) >= 11 is 0. The summed E-state index contributed by atoms with van der Waals surface area (Å²) in [6.45, 7) is 10.1. The zero-order chi connectivity index (χ0) is 23.5. The van der Waals surface area contributed by atoms with Crippen molar-refractivity contribution in [3.8, 4) is 11.6 Å². The lowest BCUT2D eigenvalue weighted by Crippen LogP contribution is -2.25. The number of phenols is 1. The summed E-state index contributed by atoms with van der Waals surface area (Å²) in [5, 5.41) is 9.77. The third kappa shape index (κ3) is 6.69. The van der Waals surface area contributed by atoms with Crippen molar-refractivity contribution in [1.82, 2.24) is 9.88 Å². The van der Waals surface area contributed by atoms with E-state index in [1.54, 1.807) is 12.1 Å². The lowest BCUT2D eigenvalue weighted by atomic mass is 9.89. The van der Waals surface area contributed by atoms with Crippen molar-refractivity contribution in [2.45, 2.75) is 40.0 Å². The summed E-state index contributed by atoms with van der Waals surface area (Å²) in [4.78, 5) is 7.03. The van der Waals surface area contributed by atoms with Crippen LogP contribution in [0.25, 0.3) is 11.1 Å². The monoisotopic (exact) mass is 444 g/mol. The fraction of sp³-hybridized carbons (Fsp3) is 0.345. The predicted octanol–water partition coefficient (Wildman–Crippen LogP) is 6.66. The maximum atomic E-state index is 9.77. The minimum absolute atomic E-state index is 0.265. The highest BCUT2D eigenvalue weighted by Crippen LogP contribution is 2.35. The Hall–Kier alpha value is -3.11. The van der Waals surface area contributed by atoms with Gasteiger partial charge >= 0.3 is 0 Å². The van der Waals surface area contributed by atoms with E-state index in [1.165, 1.54) is 37.1 Å². The lowest BCUT2D eigenvalue weighted by Gasteiger charge is -2.17. The Morgan fingerprint density at radius 3 is 2.15 bits per heavy atom. The average Bonchev–Trinajstić information content (AvgIpc) is 3.39. The predicted molar refractivity (Wildman–Crippen MR) is 138 cm³/mol. The summed E-state index contributed by atoms with van der Waals surface area (Å²) in [6, 6.07) is 21.9. The maximum Gasteiger partial charge on any atom is 0.213 e. The summed E-state index contributed by atoms with van der Waals surface area (Å²) in [7, 11) is 0. The molecule has 4 nitrogen and oxygen atoms in total. The first-order valence-corrected chi connectivity index (χ1v) is 12.1. The molecule has 0 radical (unpaired) electrons. The SMILES string of the molecule is CC.CC/C(=C(\c1ccc(O)cc1)c1ccc(OCCN2CCCC2)nc1)c1ccccc1. The molecule has 4 rings (SSSR count). The van der Waals surface area contributed by atoms with Crippen LogP contribution < -0.4 is 4.74 Å². The number of benzene rings is 2. The number of hydrogen-bond donors (Lipinski definition) is 1. The summed E-state index contributed by atoms with van der Waals surface area (Å²) in [6.07, 6.45) is 5.36. The van der Waals surface area contributed by atoms with Gasteiger partial charge in [0.05, 0.1) is 0 Å². The number of rotatable bonds is 8. The van der Waals surface area contributed by atoms with Gasteiger partial charge in [-0.3, -0.25) is 4.90 Å². The fourth-order valence-electron chi connectivity index (χ4n) is 4.21. The highest BCUT2D eigenvalue weighted by molar-refractivity contribution is 5.98. The minimum Gasteiger partial charge on any atom is -0.508 e. The molecular formula is C29H36N2O2. The van der Waals surface area contributed by atoms with Crippen LogP contribution in [0.2, 0.25) is 0 Å². The number of likely N-dealkylation sites (tertiary alicyclic amines) is 1. The normalized spacial score (nSPS) is 14.3. The Labute approximate surface area is 198 Å². The number of aromatic hydroxyl groups is 1. The Balaban J connectivity index is 0.00000149. The largest absolute Gasteiger partial charge is 0.508 e. The summed E-state index contributed by atoms with van der Waals surface area (Å²) in [5.41, 5.74) is 5.67. The van der Waals surface area contributed by atoms with Crippen LogP contribution in [0.15, 0.2) is 72.9 Å². The third-order valence-corrected chi connectivity index (χ3v) is 5.81. The molecular weight excluding hydrogens is 408 g/mol. The van der Waals surface area contributed by atoms with Gasteiger partial charge in [0.2, 0.25) is 5.88 Å². The van der Waals surface area contributed by atoms with Crippen molar-refractivity contribution in [3.63, 3.8) is 0 Å². The van der Waals surface area contributed by atoms with Crippen LogP contribution in [-0.4, -0.2) is 41.2 Å². The van der Waals surface area contributed by atoms with E-state index in [-0.39, 0.29) is 5.75 Å². The van der Waals surface area contributed by atoms with Crippen LogP contribution in [0.4, 0.5) is 0 Å². The van der Waals surface area contributed by atoms with Gasteiger partial charge in [-0.25, -0.2) is 4.98 Å². The van der Waals surface area contributed by atoms with Crippen LogP contribution in [0.3, 0.4) is 0 Å². The number of allylic oxidation sites excluding steroid dienone is 1. The van der Waals surface area contributed by atoms with Crippen molar-refractivity contribution < 1.29 is 9.84 Å². The van der Waals surface area contributed by atoms with Crippen molar-refractivity contribution in [3.05, 3.63) is 89.6 Å². The maximum absolute atomic E-state index is 9.77. The van der Waals surface area contributed by atoms with Gasteiger partial charge in [0.15, 0.2) is 0 Å². The molecule has 1 aliphatic rings. The number of ether oxygens (including phenoxy) is 1.